The molecule has 0 aliphatic carbocycles. The fraction of sp³-hybridized carbons (Fsp3) is 0.278. The average molecular weight is 318 g/mol. The Morgan fingerprint density at radius 1 is 1.22 bits per heavy atom. The molecular formula is C18H19FO4. The van der Waals surface area contributed by atoms with Crippen molar-refractivity contribution in [2.45, 2.75) is 19.3 Å². The summed E-state index contributed by atoms with van der Waals surface area (Å²) < 4.78 is 24.0. The van der Waals surface area contributed by atoms with Gasteiger partial charge in [0.05, 0.1) is 19.6 Å². The second kappa shape index (κ2) is 7.63. The summed E-state index contributed by atoms with van der Waals surface area (Å²) in [5.41, 5.74) is 1.15. The van der Waals surface area contributed by atoms with Gasteiger partial charge < -0.3 is 14.6 Å². The molecule has 0 spiro atoms. The SMILES string of the molecule is CCOc1ccc(C(Cc2cc(F)ccc2OC)C(=O)O)cc1. The van der Waals surface area contributed by atoms with E-state index in [1.807, 2.05) is 6.92 Å². The molecule has 2 aromatic rings. The third-order valence-corrected chi connectivity index (χ3v) is 3.56. The molecule has 0 aliphatic rings. The number of benzene rings is 2. The third-order valence-electron chi connectivity index (χ3n) is 3.56. The first-order chi connectivity index (χ1) is 11.0. The zero-order valence-corrected chi connectivity index (χ0v) is 13.1. The number of carbonyl (C=O) groups is 1. The molecule has 0 bridgehead atoms. The average Bonchev–Trinajstić information content (AvgIpc) is 2.54. The molecule has 0 saturated carbocycles. The highest BCUT2D eigenvalue weighted by atomic mass is 19.1. The minimum Gasteiger partial charge on any atom is -0.496 e. The standard InChI is InChI=1S/C18H19FO4/c1-3-23-15-7-4-12(5-8-15)16(18(20)21)11-13-10-14(19)6-9-17(13)22-2/h4-10,16H,3,11H2,1-2H3,(H,20,21). The van der Waals surface area contributed by atoms with Crippen LogP contribution in [-0.4, -0.2) is 24.8 Å². The van der Waals surface area contributed by atoms with Crippen molar-refractivity contribution in [2.24, 2.45) is 0 Å². The molecule has 0 fully saturated rings. The number of ether oxygens (including phenoxy) is 2. The van der Waals surface area contributed by atoms with Crippen molar-refractivity contribution in [3.63, 3.8) is 0 Å². The molecule has 0 heterocycles. The van der Waals surface area contributed by atoms with Gasteiger partial charge in [-0.15, -0.1) is 0 Å². The molecule has 1 unspecified atom stereocenters. The minimum absolute atomic E-state index is 0.143. The number of carboxylic acid groups (broad SMARTS) is 1. The molecule has 1 N–H and O–H groups in total. The summed E-state index contributed by atoms with van der Waals surface area (Å²) >= 11 is 0. The fourth-order valence-corrected chi connectivity index (χ4v) is 2.44. The highest BCUT2D eigenvalue weighted by molar-refractivity contribution is 5.76. The van der Waals surface area contributed by atoms with Crippen LogP contribution >= 0.6 is 0 Å². The number of aliphatic carboxylic acids is 1. The van der Waals surface area contributed by atoms with Crippen LogP contribution in [-0.2, 0) is 11.2 Å². The third kappa shape index (κ3) is 4.22. The first-order valence-electron chi connectivity index (χ1n) is 7.33. The lowest BCUT2D eigenvalue weighted by Crippen LogP contribution is -2.15. The predicted octanol–water partition coefficient (Wildman–Crippen LogP) is 3.64. The van der Waals surface area contributed by atoms with Crippen LogP contribution in [0.1, 0.15) is 24.0 Å². The van der Waals surface area contributed by atoms with E-state index in [4.69, 9.17) is 9.47 Å². The topological polar surface area (TPSA) is 55.8 Å². The van der Waals surface area contributed by atoms with Crippen LogP contribution in [0.15, 0.2) is 42.5 Å². The Balaban J connectivity index is 2.29. The summed E-state index contributed by atoms with van der Waals surface area (Å²) in [7, 11) is 1.48. The molecule has 0 amide bonds. The number of methoxy groups -OCH3 is 1. The number of halogens is 1. The van der Waals surface area contributed by atoms with Crippen LogP contribution < -0.4 is 9.47 Å². The smallest absolute Gasteiger partial charge is 0.311 e. The highest BCUT2D eigenvalue weighted by Crippen LogP contribution is 2.28. The van der Waals surface area contributed by atoms with Crippen LogP contribution in [0.3, 0.4) is 0 Å². The minimum atomic E-state index is -0.972. The maximum absolute atomic E-state index is 13.5. The molecule has 5 heteroatoms. The van der Waals surface area contributed by atoms with Gasteiger partial charge in [-0.25, -0.2) is 4.39 Å². The Labute approximate surface area is 134 Å². The lowest BCUT2D eigenvalue weighted by molar-refractivity contribution is -0.138. The van der Waals surface area contributed by atoms with Crippen molar-refractivity contribution in [1.29, 1.82) is 0 Å². The zero-order chi connectivity index (χ0) is 16.8. The van der Waals surface area contributed by atoms with Gasteiger partial charge in [-0.1, -0.05) is 12.1 Å². The van der Waals surface area contributed by atoms with Crippen molar-refractivity contribution in [3.8, 4) is 11.5 Å². The Morgan fingerprint density at radius 3 is 2.48 bits per heavy atom. The quantitative estimate of drug-likeness (QED) is 0.847. The normalized spacial score (nSPS) is 11.8. The maximum atomic E-state index is 13.5. The highest BCUT2D eigenvalue weighted by Gasteiger charge is 2.22. The van der Waals surface area contributed by atoms with Gasteiger partial charge in [0.1, 0.15) is 17.3 Å². The van der Waals surface area contributed by atoms with E-state index in [1.165, 1.54) is 25.3 Å². The van der Waals surface area contributed by atoms with Crippen LogP contribution in [0.25, 0.3) is 0 Å². The molecule has 2 rings (SSSR count). The van der Waals surface area contributed by atoms with Crippen molar-refractivity contribution < 1.29 is 23.8 Å². The fourth-order valence-electron chi connectivity index (χ4n) is 2.44. The Morgan fingerprint density at radius 2 is 1.91 bits per heavy atom. The molecule has 0 saturated heterocycles. The van der Waals surface area contributed by atoms with Crippen molar-refractivity contribution in [2.75, 3.05) is 13.7 Å². The molecular weight excluding hydrogens is 299 g/mol. The second-order valence-corrected chi connectivity index (χ2v) is 5.05. The van der Waals surface area contributed by atoms with E-state index in [0.29, 0.717) is 29.2 Å². The van der Waals surface area contributed by atoms with Gasteiger partial charge in [0, 0.05) is 0 Å². The molecule has 0 aliphatic heterocycles. The van der Waals surface area contributed by atoms with Crippen LogP contribution in [0, 0.1) is 5.82 Å². The molecule has 2 aromatic carbocycles. The number of hydrogen-bond donors (Lipinski definition) is 1. The second-order valence-electron chi connectivity index (χ2n) is 5.05. The molecule has 0 radical (unpaired) electrons. The Kier molecular flexibility index (Phi) is 5.57. The summed E-state index contributed by atoms with van der Waals surface area (Å²) in [6.07, 6.45) is 0.143. The predicted molar refractivity (Wildman–Crippen MR) is 84.6 cm³/mol. The molecule has 122 valence electrons. The monoisotopic (exact) mass is 318 g/mol. The molecule has 1 atom stereocenters. The molecule has 0 aromatic heterocycles. The molecule has 4 nitrogen and oxygen atoms in total. The van der Waals surface area contributed by atoms with Gasteiger partial charge in [0.2, 0.25) is 0 Å². The van der Waals surface area contributed by atoms with Gasteiger partial charge in [-0.3, -0.25) is 4.79 Å². The number of hydrogen-bond acceptors (Lipinski definition) is 3. The maximum Gasteiger partial charge on any atom is 0.311 e. The van der Waals surface area contributed by atoms with E-state index < -0.39 is 17.7 Å². The Bertz CT molecular complexity index is 667. The number of rotatable bonds is 7. The van der Waals surface area contributed by atoms with Gasteiger partial charge in [-0.05, 0) is 54.8 Å². The van der Waals surface area contributed by atoms with Crippen molar-refractivity contribution in [1.82, 2.24) is 0 Å². The first-order valence-corrected chi connectivity index (χ1v) is 7.33. The summed E-state index contributed by atoms with van der Waals surface area (Å²) in [6.45, 7) is 2.42. The lowest BCUT2D eigenvalue weighted by atomic mass is 9.91. The van der Waals surface area contributed by atoms with Gasteiger partial charge in [-0.2, -0.15) is 0 Å². The van der Waals surface area contributed by atoms with Crippen molar-refractivity contribution >= 4 is 5.97 Å². The Hall–Kier alpha value is -2.56. The lowest BCUT2D eigenvalue weighted by Gasteiger charge is -2.16. The van der Waals surface area contributed by atoms with Crippen molar-refractivity contribution in [3.05, 3.63) is 59.4 Å². The van der Waals surface area contributed by atoms with Crippen LogP contribution in [0.2, 0.25) is 0 Å². The van der Waals surface area contributed by atoms with Gasteiger partial charge in [0.15, 0.2) is 0 Å². The van der Waals surface area contributed by atoms with Crippen LogP contribution in [0.5, 0.6) is 11.5 Å². The number of carboxylic acids is 1. The van der Waals surface area contributed by atoms with Gasteiger partial charge >= 0.3 is 5.97 Å². The van der Waals surface area contributed by atoms with E-state index in [2.05, 4.69) is 0 Å². The zero-order valence-electron chi connectivity index (χ0n) is 13.1. The summed E-state index contributed by atoms with van der Waals surface area (Å²) in [5.74, 6) is -1.02. The van der Waals surface area contributed by atoms with E-state index in [-0.39, 0.29) is 6.42 Å². The summed E-state index contributed by atoms with van der Waals surface area (Å²) in [6, 6.07) is 11.0. The molecule has 23 heavy (non-hydrogen) atoms. The van der Waals surface area contributed by atoms with E-state index in [0.717, 1.165) is 0 Å². The summed E-state index contributed by atoms with van der Waals surface area (Å²) in [4.78, 5) is 11.6. The van der Waals surface area contributed by atoms with E-state index in [9.17, 15) is 14.3 Å². The summed E-state index contributed by atoms with van der Waals surface area (Å²) in [5, 5.41) is 9.53. The van der Waals surface area contributed by atoms with Crippen LogP contribution in [0.4, 0.5) is 4.39 Å². The first kappa shape index (κ1) is 16.8. The van der Waals surface area contributed by atoms with E-state index >= 15 is 0 Å². The largest absolute Gasteiger partial charge is 0.496 e. The van der Waals surface area contributed by atoms with E-state index in [1.54, 1.807) is 24.3 Å². The van der Waals surface area contributed by atoms with Gasteiger partial charge in [0.25, 0.3) is 0 Å².